The molecule has 0 amide bonds. The summed E-state index contributed by atoms with van der Waals surface area (Å²) in [7, 11) is 0. The average molecular weight is 105 g/mol. The molecule has 0 aliphatic heterocycles. The van der Waals surface area contributed by atoms with Gasteiger partial charge < -0.3 is 5.11 Å². The second kappa shape index (κ2) is 1.52. The van der Waals surface area contributed by atoms with Crippen molar-refractivity contribution in [1.29, 1.82) is 0 Å². The molecule has 0 fully saturated rings. The van der Waals surface area contributed by atoms with Crippen molar-refractivity contribution in [2.24, 2.45) is 5.41 Å². The molecule has 0 aromatic carbocycles. The van der Waals surface area contributed by atoms with Crippen molar-refractivity contribution in [1.82, 2.24) is 0 Å². The minimum Gasteiger partial charge on any atom is -0.481 e. The van der Waals surface area contributed by atoms with Gasteiger partial charge in [-0.2, -0.15) is 0 Å². The molecule has 2 nitrogen and oxygen atoms in total. The van der Waals surface area contributed by atoms with Crippen LogP contribution in [0.3, 0.4) is 0 Å². The first-order chi connectivity index (χ1) is 4.19. The molecule has 0 spiro atoms. The molecule has 0 aliphatic rings. The maximum atomic E-state index is 10.3. The quantitative estimate of drug-likeness (QED) is 0.501. The van der Waals surface area contributed by atoms with Gasteiger partial charge in [-0.15, -0.1) is 0 Å². The van der Waals surface area contributed by atoms with Crippen molar-refractivity contribution in [3.05, 3.63) is 0 Å². The number of carboxylic acid groups (broad SMARTS) is 1. The van der Waals surface area contributed by atoms with E-state index in [1.54, 1.807) is 0 Å². The molecule has 1 N–H and O–H groups in total. The maximum Gasteiger partial charge on any atom is 0.308 e. The van der Waals surface area contributed by atoms with Gasteiger partial charge in [0.15, 0.2) is 0 Å². The fraction of sp³-hybridized carbons (Fsp3) is 0.800. The van der Waals surface area contributed by atoms with E-state index in [0.717, 1.165) is 0 Å². The van der Waals surface area contributed by atoms with Crippen LogP contribution in [0.25, 0.3) is 0 Å². The Hall–Kier alpha value is -0.530. The molecule has 0 heterocycles. The van der Waals surface area contributed by atoms with Gasteiger partial charge in [-0.1, -0.05) is 0 Å². The Morgan fingerprint density at radius 2 is 2.29 bits per heavy atom. The highest BCUT2D eigenvalue weighted by Gasteiger charge is 2.18. The minimum atomic E-state index is -2.43. The molecular weight excluding hydrogens is 92.1 g/mol. The van der Waals surface area contributed by atoms with Crippen LogP contribution in [0, 0.1) is 5.41 Å². The molecule has 2 heteroatoms. The van der Waals surface area contributed by atoms with Crippen LogP contribution in [0.15, 0.2) is 0 Å². The van der Waals surface area contributed by atoms with E-state index in [1.807, 2.05) is 0 Å². The van der Waals surface area contributed by atoms with Crippen LogP contribution in [0.4, 0.5) is 0 Å². The van der Waals surface area contributed by atoms with Gasteiger partial charge in [0.05, 0.1) is 5.41 Å². The predicted octanol–water partition coefficient (Wildman–Crippen LogP) is 1.12. The van der Waals surface area contributed by atoms with Gasteiger partial charge in [0.2, 0.25) is 0 Å². The molecular formula is C5H10O2. The second-order valence-corrected chi connectivity index (χ2v) is 1.93. The van der Waals surface area contributed by atoms with Gasteiger partial charge in [0.1, 0.15) is 0 Å². The molecule has 0 atom stereocenters. The van der Waals surface area contributed by atoms with Gasteiger partial charge >= 0.3 is 5.97 Å². The lowest BCUT2D eigenvalue weighted by Gasteiger charge is -2.08. The smallest absolute Gasteiger partial charge is 0.308 e. The number of hydrogen-bond acceptors (Lipinski definition) is 1. The summed E-state index contributed by atoms with van der Waals surface area (Å²) in [5.74, 6) is -1.30. The number of carbonyl (C=O) groups is 1. The summed E-state index contributed by atoms with van der Waals surface area (Å²) in [6.07, 6.45) is 0. The Labute approximate surface area is 47.4 Å². The summed E-state index contributed by atoms with van der Waals surface area (Å²) in [4.78, 5) is 10.3. The van der Waals surface area contributed by atoms with Crippen molar-refractivity contribution in [3.8, 4) is 0 Å². The summed E-state index contributed by atoms with van der Waals surface area (Å²) in [6.45, 7) is -0.0660. The van der Waals surface area contributed by atoms with Crippen molar-refractivity contribution in [3.63, 3.8) is 0 Å². The van der Waals surface area contributed by atoms with E-state index in [-0.39, 0.29) is 0 Å². The van der Waals surface area contributed by atoms with Crippen LogP contribution < -0.4 is 0 Å². The van der Waals surface area contributed by atoms with Gasteiger partial charge in [0, 0.05) is 4.11 Å². The summed E-state index contributed by atoms with van der Waals surface area (Å²) >= 11 is 0. The summed E-state index contributed by atoms with van der Waals surface area (Å²) in [5.41, 5.74) is -1.65. The summed E-state index contributed by atoms with van der Waals surface area (Å²) in [6, 6.07) is 0. The van der Waals surface area contributed by atoms with Crippen molar-refractivity contribution < 1.29 is 14.0 Å². The molecule has 0 bridgehead atoms. The zero-order valence-corrected chi connectivity index (χ0v) is 4.36. The molecule has 7 heavy (non-hydrogen) atoms. The van der Waals surface area contributed by atoms with Crippen LogP contribution in [-0.2, 0) is 4.79 Å². The lowest BCUT2D eigenvalue weighted by atomic mass is 9.98. The van der Waals surface area contributed by atoms with Crippen molar-refractivity contribution in [2.45, 2.75) is 20.7 Å². The second-order valence-electron chi connectivity index (χ2n) is 1.93. The number of carboxylic acids is 1. The van der Waals surface area contributed by atoms with Gasteiger partial charge in [-0.05, 0) is 20.7 Å². The molecule has 0 saturated heterocycles. The van der Waals surface area contributed by atoms with E-state index in [1.165, 1.54) is 13.8 Å². The highest BCUT2D eigenvalue weighted by molar-refractivity contribution is 5.72. The maximum absolute atomic E-state index is 10.3. The average Bonchev–Trinajstić information content (AvgIpc) is 1.62. The first-order valence-corrected chi connectivity index (χ1v) is 1.93. The first kappa shape index (κ1) is 2.70. The Kier molecular flexibility index (Phi) is 0.587. The first-order valence-electron chi connectivity index (χ1n) is 3.43. The lowest BCUT2D eigenvalue weighted by Crippen LogP contribution is -2.18. The Morgan fingerprint density at radius 3 is 2.29 bits per heavy atom. The number of hydrogen-bond donors (Lipinski definition) is 1. The fourth-order valence-electron chi connectivity index (χ4n) is 0. The normalized spacial score (nSPS) is 19.4. The van der Waals surface area contributed by atoms with E-state index < -0.39 is 18.2 Å². The summed E-state index contributed by atoms with van der Waals surface area (Å²) in [5, 5.41) is 8.42. The molecule has 0 aliphatic carbocycles. The predicted molar refractivity (Wildman–Crippen MR) is 27.1 cm³/mol. The monoisotopic (exact) mass is 105 g/mol. The molecule has 0 rings (SSSR count). The fourth-order valence-corrected chi connectivity index (χ4v) is 0. The SMILES string of the molecule is [2H]C([2H])([2H])C(C)(C)C(=O)O. The molecule has 0 saturated carbocycles. The Morgan fingerprint density at radius 1 is 1.86 bits per heavy atom. The molecule has 0 unspecified atom stereocenters. The van der Waals surface area contributed by atoms with Gasteiger partial charge in [0.25, 0.3) is 0 Å². The highest BCUT2D eigenvalue weighted by Crippen LogP contribution is 2.11. The van der Waals surface area contributed by atoms with Crippen LogP contribution in [-0.4, -0.2) is 11.1 Å². The molecule has 42 valence electrons. The van der Waals surface area contributed by atoms with E-state index in [9.17, 15) is 4.79 Å². The third-order valence-electron chi connectivity index (χ3n) is 0.535. The van der Waals surface area contributed by atoms with E-state index in [4.69, 9.17) is 9.22 Å². The zero-order chi connectivity index (χ0) is 8.58. The minimum absolute atomic E-state index is 1.18. The van der Waals surface area contributed by atoms with E-state index >= 15 is 0 Å². The third-order valence-corrected chi connectivity index (χ3v) is 0.535. The van der Waals surface area contributed by atoms with E-state index in [0.29, 0.717) is 0 Å². The molecule has 0 aromatic heterocycles. The lowest BCUT2D eigenvalue weighted by molar-refractivity contribution is -0.145. The number of aliphatic carboxylic acids is 1. The van der Waals surface area contributed by atoms with Crippen LogP contribution in [0.5, 0.6) is 0 Å². The standard InChI is InChI=1S/C5H10O2/c1-5(2,3)4(6)7/h1-3H3,(H,6,7)/i1D3. The highest BCUT2D eigenvalue weighted by atomic mass is 16.4. The third kappa shape index (κ3) is 2.20. The van der Waals surface area contributed by atoms with Gasteiger partial charge in [-0.3, -0.25) is 4.79 Å². The van der Waals surface area contributed by atoms with Crippen molar-refractivity contribution in [2.75, 3.05) is 0 Å². The van der Waals surface area contributed by atoms with Gasteiger partial charge in [-0.25, -0.2) is 0 Å². The molecule has 0 radical (unpaired) electrons. The zero-order valence-electron chi connectivity index (χ0n) is 7.36. The topological polar surface area (TPSA) is 37.3 Å². The molecule has 0 aromatic rings. The number of rotatable bonds is 0. The van der Waals surface area contributed by atoms with E-state index in [2.05, 4.69) is 0 Å². The van der Waals surface area contributed by atoms with Crippen molar-refractivity contribution >= 4 is 5.97 Å². The Balaban J connectivity index is 4.57. The van der Waals surface area contributed by atoms with Crippen LogP contribution >= 0.6 is 0 Å². The summed E-state index contributed by atoms with van der Waals surface area (Å²) < 4.78 is 20.5. The Bertz CT molecular complexity index is 147. The largest absolute Gasteiger partial charge is 0.481 e. The van der Waals surface area contributed by atoms with Crippen LogP contribution in [0.1, 0.15) is 24.8 Å². The van der Waals surface area contributed by atoms with Crippen LogP contribution in [0.2, 0.25) is 0 Å².